The highest BCUT2D eigenvalue weighted by Crippen LogP contribution is 2.03. The summed E-state index contributed by atoms with van der Waals surface area (Å²) in [6.07, 6.45) is 1.92. The van der Waals surface area contributed by atoms with E-state index in [1.165, 1.54) is 5.56 Å². The Kier molecular flexibility index (Phi) is 2.57. The van der Waals surface area contributed by atoms with Crippen LogP contribution in [-0.4, -0.2) is 24.2 Å². The van der Waals surface area contributed by atoms with E-state index in [0.717, 1.165) is 25.5 Å². The number of hydrogen-bond donors (Lipinski definition) is 1. The molecule has 0 unspecified atom stereocenters. The fraction of sp³-hybridized carbons (Fsp3) is 0.500. The lowest BCUT2D eigenvalue weighted by atomic mass is 10.2. The van der Waals surface area contributed by atoms with E-state index in [0.29, 0.717) is 6.04 Å². The molecule has 13 heavy (non-hydrogen) atoms. The van der Waals surface area contributed by atoms with Crippen LogP contribution in [0, 0.1) is 6.92 Å². The predicted octanol–water partition coefficient (Wildman–Crippen LogP) is 0.878. The molecule has 0 bridgehead atoms. The predicted molar refractivity (Wildman–Crippen MR) is 50.4 cm³/mol. The van der Waals surface area contributed by atoms with Crippen LogP contribution in [0.2, 0.25) is 0 Å². The van der Waals surface area contributed by atoms with Crippen molar-refractivity contribution in [2.24, 2.45) is 0 Å². The monoisotopic (exact) mass is 178 g/mol. The Morgan fingerprint density at radius 2 is 2.38 bits per heavy atom. The van der Waals surface area contributed by atoms with E-state index in [4.69, 9.17) is 4.74 Å². The van der Waals surface area contributed by atoms with Crippen molar-refractivity contribution in [1.82, 2.24) is 10.3 Å². The minimum Gasteiger partial charge on any atom is -0.378 e. The molecule has 1 aromatic rings. The summed E-state index contributed by atoms with van der Waals surface area (Å²) in [5.41, 5.74) is 2.30. The van der Waals surface area contributed by atoms with Crippen LogP contribution in [0.4, 0.5) is 0 Å². The Hall–Kier alpha value is -0.930. The van der Waals surface area contributed by atoms with Crippen molar-refractivity contribution in [2.45, 2.75) is 19.5 Å². The molecular formula is C10H14N2O. The molecule has 0 spiro atoms. The smallest absolute Gasteiger partial charge is 0.0643 e. The second-order valence-corrected chi connectivity index (χ2v) is 3.42. The average molecular weight is 178 g/mol. The van der Waals surface area contributed by atoms with E-state index in [1.807, 2.05) is 19.2 Å². The van der Waals surface area contributed by atoms with Crippen molar-refractivity contribution in [3.05, 3.63) is 29.6 Å². The second kappa shape index (κ2) is 3.85. The van der Waals surface area contributed by atoms with Crippen LogP contribution in [-0.2, 0) is 11.3 Å². The van der Waals surface area contributed by atoms with E-state index in [1.54, 1.807) is 0 Å². The molecule has 0 radical (unpaired) electrons. The van der Waals surface area contributed by atoms with Crippen LogP contribution in [0.3, 0.4) is 0 Å². The van der Waals surface area contributed by atoms with Gasteiger partial charge in [0.15, 0.2) is 0 Å². The quantitative estimate of drug-likeness (QED) is 0.746. The summed E-state index contributed by atoms with van der Waals surface area (Å²) in [4.78, 5) is 4.23. The topological polar surface area (TPSA) is 34.1 Å². The van der Waals surface area contributed by atoms with Crippen molar-refractivity contribution in [3.63, 3.8) is 0 Å². The number of pyridine rings is 1. The summed E-state index contributed by atoms with van der Waals surface area (Å²) in [5.74, 6) is 0. The number of hydrogen-bond acceptors (Lipinski definition) is 3. The van der Waals surface area contributed by atoms with Gasteiger partial charge in [-0.25, -0.2) is 0 Å². The van der Waals surface area contributed by atoms with Crippen molar-refractivity contribution >= 4 is 0 Å². The van der Waals surface area contributed by atoms with Crippen LogP contribution in [0.15, 0.2) is 18.3 Å². The van der Waals surface area contributed by atoms with E-state index in [-0.39, 0.29) is 0 Å². The Balaban J connectivity index is 1.83. The Morgan fingerprint density at radius 3 is 2.92 bits per heavy atom. The largest absolute Gasteiger partial charge is 0.378 e. The van der Waals surface area contributed by atoms with Gasteiger partial charge in [-0.15, -0.1) is 0 Å². The van der Waals surface area contributed by atoms with Crippen LogP contribution in [0.25, 0.3) is 0 Å². The van der Waals surface area contributed by atoms with Gasteiger partial charge >= 0.3 is 0 Å². The number of nitrogens with zero attached hydrogens (tertiary/aromatic N) is 1. The molecule has 0 saturated carbocycles. The lowest BCUT2D eigenvalue weighted by Gasteiger charge is -2.26. The lowest BCUT2D eigenvalue weighted by Crippen LogP contribution is -2.45. The number of aryl methyl sites for hydroxylation is 1. The fourth-order valence-corrected chi connectivity index (χ4v) is 1.22. The van der Waals surface area contributed by atoms with E-state index in [9.17, 15) is 0 Å². The molecule has 0 amide bonds. The third-order valence-corrected chi connectivity index (χ3v) is 2.21. The molecule has 2 heterocycles. The maximum Gasteiger partial charge on any atom is 0.0643 e. The third kappa shape index (κ3) is 2.26. The number of aromatic nitrogens is 1. The molecule has 0 atom stereocenters. The van der Waals surface area contributed by atoms with Gasteiger partial charge in [-0.3, -0.25) is 4.98 Å². The normalized spacial score (nSPS) is 17.0. The van der Waals surface area contributed by atoms with E-state index < -0.39 is 0 Å². The molecule has 70 valence electrons. The summed E-state index contributed by atoms with van der Waals surface area (Å²) >= 11 is 0. The van der Waals surface area contributed by atoms with Crippen LogP contribution >= 0.6 is 0 Å². The first-order valence-corrected chi connectivity index (χ1v) is 4.57. The number of ether oxygens (including phenoxy) is 1. The lowest BCUT2D eigenvalue weighted by molar-refractivity contribution is -0.00579. The zero-order valence-electron chi connectivity index (χ0n) is 7.79. The highest BCUT2D eigenvalue weighted by atomic mass is 16.5. The van der Waals surface area contributed by atoms with Crippen LogP contribution in [0.5, 0.6) is 0 Å². The van der Waals surface area contributed by atoms with Crippen molar-refractivity contribution in [2.75, 3.05) is 13.2 Å². The van der Waals surface area contributed by atoms with E-state index >= 15 is 0 Å². The highest BCUT2D eigenvalue weighted by Gasteiger charge is 2.16. The standard InChI is InChI=1S/C10H14N2O/c1-8-2-3-9(4-11-8)5-12-10-6-13-7-10/h2-4,10,12H,5-7H2,1H3. The van der Waals surface area contributed by atoms with Crippen molar-refractivity contribution in [3.8, 4) is 0 Å². The van der Waals surface area contributed by atoms with Crippen LogP contribution < -0.4 is 5.32 Å². The van der Waals surface area contributed by atoms with Crippen molar-refractivity contribution < 1.29 is 4.74 Å². The number of rotatable bonds is 3. The maximum absolute atomic E-state index is 5.06. The first kappa shape index (κ1) is 8.66. The zero-order valence-corrected chi connectivity index (χ0v) is 7.79. The molecule has 1 aromatic heterocycles. The molecule has 1 saturated heterocycles. The molecule has 2 rings (SSSR count). The van der Waals surface area contributed by atoms with Gasteiger partial charge in [0.05, 0.1) is 19.3 Å². The Bertz CT molecular complexity index is 267. The molecule has 3 heteroatoms. The molecule has 3 nitrogen and oxygen atoms in total. The molecule has 1 fully saturated rings. The molecule has 1 aliphatic heterocycles. The summed E-state index contributed by atoms with van der Waals surface area (Å²) in [6.45, 7) is 4.58. The van der Waals surface area contributed by atoms with Gasteiger partial charge in [-0.05, 0) is 18.6 Å². The third-order valence-electron chi connectivity index (χ3n) is 2.21. The summed E-state index contributed by atoms with van der Waals surface area (Å²) in [6, 6.07) is 4.68. The van der Waals surface area contributed by atoms with E-state index in [2.05, 4.69) is 16.4 Å². The molecular weight excluding hydrogens is 164 g/mol. The molecule has 0 aromatic carbocycles. The van der Waals surface area contributed by atoms with Gasteiger partial charge in [0, 0.05) is 18.4 Å². The minimum atomic E-state index is 0.543. The second-order valence-electron chi connectivity index (χ2n) is 3.42. The summed E-state index contributed by atoms with van der Waals surface area (Å²) in [5, 5.41) is 3.39. The van der Waals surface area contributed by atoms with Gasteiger partial charge in [-0.2, -0.15) is 0 Å². The Labute approximate surface area is 78.1 Å². The van der Waals surface area contributed by atoms with Gasteiger partial charge in [-0.1, -0.05) is 6.07 Å². The van der Waals surface area contributed by atoms with Crippen LogP contribution in [0.1, 0.15) is 11.3 Å². The summed E-state index contributed by atoms with van der Waals surface area (Å²) in [7, 11) is 0. The molecule has 1 N–H and O–H groups in total. The maximum atomic E-state index is 5.06. The van der Waals surface area contributed by atoms with Gasteiger partial charge in [0.2, 0.25) is 0 Å². The minimum absolute atomic E-state index is 0.543. The van der Waals surface area contributed by atoms with Gasteiger partial charge in [0.1, 0.15) is 0 Å². The number of nitrogens with one attached hydrogen (secondary N) is 1. The fourth-order valence-electron chi connectivity index (χ4n) is 1.22. The first-order valence-electron chi connectivity index (χ1n) is 4.57. The SMILES string of the molecule is Cc1ccc(CNC2COC2)cn1. The van der Waals surface area contributed by atoms with Gasteiger partial charge in [0.25, 0.3) is 0 Å². The van der Waals surface area contributed by atoms with Gasteiger partial charge < -0.3 is 10.1 Å². The van der Waals surface area contributed by atoms with Crippen molar-refractivity contribution in [1.29, 1.82) is 0 Å². The first-order chi connectivity index (χ1) is 6.34. The average Bonchev–Trinajstić information content (AvgIpc) is 2.05. The molecule has 1 aliphatic rings. The highest BCUT2D eigenvalue weighted by molar-refractivity contribution is 5.12. The zero-order chi connectivity index (χ0) is 9.10. The Morgan fingerprint density at radius 1 is 1.54 bits per heavy atom. The molecule has 0 aliphatic carbocycles. The summed E-state index contributed by atoms with van der Waals surface area (Å²) < 4.78 is 5.06.